The Labute approximate surface area is 106 Å². The Morgan fingerprint density at radius 2 is 2.44 bits per heavy atom. The van der Waals surface area contributed by atoms with Crippen LogP contribution in [0.25, 0.3) is 0 Å². The zero-order valence-electron chi connectivity index (χ0n) is 10.4. The van der Waals surface area contributed by atoms with Crippen molar-refractivity contribution in [2.24, 2.45) is 11.8 Å². The van der Waals surface area contributed by atoms with Crippen molar-refractivity contribution < 1.29 is 9.90 Å². The number of anilines is 1. The highest BCUT2D eigenvalue weighted by molar-refractivity contribution is 5.95. The van der Waals surface area contributed by atoms with E-state index in [1.54, 1.807) is 17.0 Å². The molecule has 1 atom stereocenters. The third-order valence-corrected chi connectivity index (χ3v) is 3.18. The summed E-state index contributed by atoms with van der Waals surface area (Å²) in [6.45, 7) is 3.26. The molecule has 0 bridgehead atoms. The number of aliphatic hydroxyl groups excluding tert-OH is 1. The van der Waals surface area contributed by atoms with E-state index in [1.807, 2.05) is 6.92 Å². The number of hydrogen-bond donors (Lipinski definition) is 3. The van der Waals surface area contributed by atoms with E-state index in [-0.39, 0.29) is 18.4 Å². The number of nitrogen functional groups attached to an aromatic ring is 1. The number of aliphatic hydroxyl groups is 1. The molecule has 0 aliphatic carbocycles. The van der Waals surface area contributed by atoms with Gasteiger partial charge in [0.2, 0.25) is 0 Å². The molecule has 1 aromatic heterocycles. The molecule has 0 saturated carbocycles. The molecule has 1 aromatic rings. The van der Waals surface area contributed by atoms with E-state index in [0.29, 0.717) is 24.5 Å². The van der Waals surface area contributed by atoms with E-state index in [2.05, 4.69) is 10.4 Å². The highest BCUT2D eigenvalue weighted by Crippen LogP contribution is 2.19. The Hall–Kier alpha value is -1.66. The van der Waals surface area contributed by atoms with Gasteiger partial charge in [0.25, 0.3) is 5.91 Å². The van der Waals surface area contributed by atoms with E-state index < -0.39 is 0 Å². The quantitative estimate of drug-likeness (QED) is 0.524. The molecule has 4 N–H and O–H groups in total. The van der Waals surface area contributed by atoms with Crippen molar-refractivity contribution in [1.29, 1.82) is 0 Å². The van der Waals surface area contributed by atoms with Crippen molar-refractivity contribution in [1.82, 2.24) is 9.88 Å². The highest BCUT2D eigenvalue weighted by Gasteiger charge is 2.26. The van der Waals surface area contributed by atoms with Crippen LogP contribution in [0.15, 0.2) is 12.1 Å². The molecule has 1 amide bonds. The standard InChI is InChI=1S/C12H18N4O2/c1-8-4-10(5-11(14-8)15-13)12(18)16-3-2-9(6-16)7-17/h4-5,9,17H,2-3,6-7,13H2,1H3,(H,14,15). The largest absolute Gasteiger partial charge is 0.396 e. The van der Waals surface area contributed by atoms with Crippen LogP contribution >= 0.6 is 0 Å². The minimum atomic E-state index is -0.0343. The molecule has 0 radical (unpaired) electrons. The summed E-state index contributed by atoms with van der Waals surface area (Å²) in [5.41, 5.74) is 3.77. The summed E-state index contributed by atoms with van der Waals surface area (Å²) in [7, 11) is 0. The summed E-state index contributed by atoms with van der Waals surface area (Å²) in [4.78, 5) is 18.2. The normalized spacial score (nSPS) is 19.1. The highest BCUT2D eigenvalue weighted by atomic mass is 16.3. The van der Waals surface area contributed by atoms with Crippen LogP contribution in [-0.2, 0) is 0 Å². The maximum atomic E-state index is 12.3. The number of pyridine rings is 1. The maximum Gasteiger partial charge on any atom is 0.254 e. The molecule has 1 unspecified atom stereocenters. The number of carbonyl (C=O) groups is 1. The maximum absolute atomic E-state index is 12.3. The first-order valence-electron chi connectivity index (χ1n) is 5.99. The van der Waals surface area contributed by atoms with Gasteiger partial charge < -0.3 is 15.4 Å². The number of carbonyl (C=O) groups excluding carboxylic acids is 1. The average Bonchev–Trinajstić information content (AvgIpc) is 2.85. The zero-order valence-corrected chi connectivity index (χ0v) is 10.4. The Bertz CT molecular complexity index is 450. The third kappa shape index (κ3) is 2.60. The van der Waals surface area contributed by atoms with E-state index in [1.165, 1.54) is 0 Å². The van der Waals surface area contributed by atoms with Crippen molar-refractivity contribution in [3.63, 3.8) is 0 Å². The molecule has 98 valence electrons. The number of likely N-dealkylation sites (tertiary alicyclic amines) is 1. The van der Waals surface area contributed by atoms with Crippen LogP contribution in [-0.4, -0.2) is 40.6 Å². The van der Waals surface area contributed by atoms with Gasteiger partial charge in [0.05, 0.1) is 0 Å². The summed E-state index contributed by atoms with van der Waals surface area (Å²) in [6, 6.07) is 3.39. The predicted octanol–water partition coefficient (Wildman–Crippen LogP) is 0.130. The van der Waals surface area contributed by atoms with Gasteiger partial charge in [-0.2, -0.15) is 0 Å². The van der Waals surface area contributed by atoms with Gasteiger partial charge in [-0.15, -0.1) is 0 Å². The van der Waals surface area contributed by atoms with Crippen LogP contribution in [0.2, 0.25) is 0 Å². The molecule has 1 aliphatic heterocycles. The van der Waals surface area contributed by atoms with Gasteiger partial charge in [0, 0.05) is 36.9 Å². The van der Waals surface area contributed by atoms with E-state index in [9.17, 15) is 4.79 Å². The zero-order chi connectivity index (χ0) is 13.1. The van der Waals surface area contributed by atoms with E-state index in [4.69, 9.17) is 10.9 Å². The lowest BCUT2D eigenvalue weighted by molar-refractivity contribution is 0.0781. The second-order valence-electron chi connectivity index (χ2n) is 4.62. The van der Waals surface area contributed by atoms with Crippen LogP contribution in [0.5, 0.6) is 0 Å². The second kappa shape index (κ2) is 5.32. The first kappa shape index (κ1) is 12.8. The molecule has 1 aliphatic rings. The average molecular weight is 250 g/mol. The van der Waals surface area contributed by atoms with Crippen molar-refractivity contribution in [3.8, 4) is 0 Å². The Balaban J connectivity index is 2.16. The molecule has 0 aromatic carbocycles. The van der Waals surface area contributed by atoms with Gasteiger partial charge in [0.1, 0.15) is 5.82 Å². The molecule has 2 rings (SSSR count). The summed E-state index contributed by atoms with van der Waals surface area (Å²) in [6.07, 6.45) is 0.855. The van der Waals surface area contributed by atoms with Gasteiger partial charge in [-0.25, -0.2) is 10.8 Å². The molecular formula is C12H18N4O2. The molecule has 1 saturated heterocycles. The fourth-order valence-electron chi connectivity index (χ4n) is 2.21. The minimum Gasteiger partial charge on any atom is -0.396 e. The number of aromatic nitrogens is 1. The molecule has 2 heterocycles. The molecule has 6 nitrogen and oxygen atoms in total. The van der Waals surface area contributed by atoms with Crippen molar-refractivity contribution in [2.75, 3.05) is 25.1 Å². The van der Waals surface area contributed by atoms with Crippen molar-refractivity contribution in [3.05, 3.63) is 23.4 Å². The second-order valence-corrected chi connectivity index (χ2v) is 4.62. The Morgan fingerprint density at radius 1 is 1.67 bits per heavy atom. The van der Waals surface area contributed by atoms with Crippen LogP contribution in [0, 0.1) is 12.8 Å². The molecule has 0 spiro atoms. The van der Waals surface area contributed by atoms with Gasteiger partial charge in [-0.3, -0.25) is 4.79 Å². The van der Waals surface area contributed by atoms with Crippen molar-refractivity contribution >= 4 is 11.7 Å². The number of nitrogens with two attached hydrogens (primary N) is 1. The van der Waals surface area contributed by atoms with Gasteiger partial charge in [0.15, 0.2) is 0 Å². The minimum absolute atomic E-state index is 0.0343. The summed E-state index contributed by atoms with van der Waals surface area (Å²) >= 11 is 0. The summed E-state index contributed by atoms with van der Waals surface area (Å²) in [5, 5.41) is 9.09. The Kier molecular flexibility index (Phi) is 3.78. The van der Waals surface area contributed by atoms with E-state index in [0.717, 1.165) is 12.1 Å². The molecular weight excluding hydrogens is 232 g/mol. The fraction of sp³-hybridized carbons (Fsp3) is 0.500. The lowest BCUT2D eigenvalue weighted by Crippen LogP contribution is -2.29. The topological polar surface area (TPSA) is 91.5 Å². The third-order valence-electron chi connectivity index (χ3n) is 3.18. The summed E-state index contributed by atoms with van der Waals surface area (Å²) in [5.74, 6) is 5.96. The molecule has 1 fully saturated rings. The number of hydrogen-bond acceptors (Lipinski definition) is 5. The number of nitrogens with zero attached hydrogens (tertiary/aromatic N) is 2. The fourth-order valence-corrected chi connectivity index (χ4v) is 2.21. The number of nitrogens with one attached hydrogen (secondary N) is 1. The Morgan fingerprint density at radius 3 is 3.06 bits per heavy atom. The first-order valence-corrected chi connectivity index (χ1v) is 5.99. The lowest BCUT2D eigenvalue weighted by atomic mass is 10.1. The smallest absolute Gasteiger partial charge is 0.254 e. The van der Waals surface area contributed by atoms with Gasteiger partial charge >= 0.3 is 0 Å². The number of amides is 1. The van der Waals surface area contributed by atoms with Crippen LogP contribution in [0.4, 0.5) is 5.82 Å². The SMILES string of the molecule is Cc1cc(C(=O)N2CCC(CO)C2)cc(NN)n1. The predicted molar refractivity (Wildman–Crippen MR) is 67.9 cm³/mol. The van der Waals surface area contributed by atoms with E-state index >= 15 is 0 Å². The van der Waals surface area contributed by atoms with Gasteiger partial charge in [-0.05, 0) is 25.5 Å². The van der Waals surface area contributed by atoms with Crippen LogP contribution in [0.3, 0.4) is 0 Å². The monoisotopic (exact) mass is 250 g/mol. The number of rotatable bonds is 3. The van der Waals surface area contributed by atoms with Crippen LogP contribution < -0.4 is 11.3 Å². The number of hydrazine groups is 1. The van der Waals surface area contributed by atoms with Crippen molar-refractivity contribution in [2.45, 2.75) is 13.3 Å². The molecule has 6 heteroatoms. The first-order chi connectivity index (χ1) is 8.63. The number of aryl methyl sites for hydroxylation is 1. The van der Waals surface area contributed by atoms with Crippen LogP contribution in [0.1, 0.15) is 22.5 Å². The molecule has 18 heavy (non-hydrogen) atoms. The van der Waals surface area contributed by atoms with Gasteiger partial charge in [-0.1, -0.05) is 0 Å². The summed E-state index contributed by atoms with van der Waals surface area (Å²) < 4.78 is 0. The lowest BCUT2D eigenvalue weighted by Gasteiger charge is -2.16.